The molecule has 3 nitrogen and oxygen atoms in total. The number of hydrogen-bond donors (Lipinski definition) is 1. The van der Waals surface area contributed by atoms with Crippen LogP contribution in [0, 0.1) is 3.57 Å². The predicted octanol–water partition coefficient (Wildman–Crippen LogP) is 2.92. The van der Waals surface area contributed by atoms with Gasteiger partial charge >= 0.3 is 0 Å². The molecule has 18 heavy (non-hydrogen) atoms. The lowest BCUT2D eigenvalue weighted by Gasteiger charge is -2.16. The summed E-state index contributed by atoms with van der Waals surface area (Å²) in [6.07, 6.45) is 5.90. The lowest BCUT2D eigenvalue weighted by molar-refractivity contribution is 0.536. The van der Waals surface area contributed by atoms with Crippen LogP contribution < -0.4 is 5.32 Å². The molecule has 1 N–H and O–H groups in total. The lowest BCUT2D eigenvalue weighted by atomic mass is 10.0. The minimum atomic E-state index is 0.386. The number of nitrogens with zero attached hydrogens (tertiary/aromatic N) is 2. The van der Waals surface area contributed by atoms with Gasteiger partial charge in [-0.05, 0) is 53.8 Å². The van der Waals surface area contributed by atoms with Crippen molar-refractivity contribution in [1.29, 1.82) is 0 Å². The Bertz CT molecular complexity index is 507. The van der Waals surface area contributed by atoms with Crippen LogP contribution in [-0.2, 0) is 13.5 Å². The Balaban J connectivity index is 2.04. The molecule has 1 aromatic heterocycles. The molecule has 0 radical (unpaired) electrons. The first kappa shape index (κ1) is 13.5. The van der Waals surface area contributed by atoms with Crippen molar-refractivity contribution in [2.75, 3.05) is 7.05 Å². The van der Waals surface area contributed by atoms with Crippen molar-refractivity contribution in [2.24, 2.45) is 7.05 Å². The third kappa shape index (κ3) is 3.32. The van der Waals surface area contributed by atoms with Gasteiger partial charge in [0, 0.05) is 35.5 Å². The fraction of sp³-hybridized carbons (Fsp3) is 0.357. The molecule has 1 aromatic carbocycles. The van der Waals surface area contributed by atoms with E-state index in [0.29, 0.717) is 6.04 Å². The van der Waals surface area contributed by atoms with E-state index in [9.17, 15) is 0 Å². The second-order valence-electron chi connectivity index (χ2n) is 4.39. The zero-order valence-electron chi connectivity index (χ0n) is 10.7. The molecule has 2 aromatic rings. The molecule has 1 heterocycles. The van der Waals surface area contributed by atoms with E-state index in [1.54, 1.807) is 0 Å². The van der Waals surface area contributed by atoms with Crippen LogP contribution in [0.25, 0.3) is 0 Å². The van der Waals surface area contributed by atoms with Gasteiger partial charge in [-0.15, -0.1) is 0 Å². The normalized spacial score (nSPS) is 12.6. The number of imidazole rings is 1. The Morgan fingerprint density at radius 3 is 2.89 bits per heavy atom. The summed E-state index contributed by atoms with van der Waals surface area (Å²) >= 11 is 2.36. The second kappa shape index (κ2) is 6.33. The summed E-state index contributed by atoms with van der Waals surface area (Å²) in [4.78, 5) is 4.37. The number of aromatic nitrogens is 2. The van der Waals surface area contributed by atoms with E-state index in [2.05, 4.69) is 61.7 Å². The third-order valence-corrected chi connectivity index (χ3v) is 3.85. The van der Waals surface area contributed by atoms with E-state index in [1.165, 1.54) is 9.13 Å². The number of benzene rings is 1. The molecule has 1 unspecified atom stereocenters. The van der Waals surface area contributed by atoms with Crippen molar-refractivity contribution >= 4 is 22.6 Å². The van der Waals surface area contributed by atoms with Gasteiger partial charge in [0.25, 0.3) is 0 Å². The maximum Gasteiger partial charge on any atom is 0.108 e. The smallest absolute Gasteiger partial charge is 0.108 e. The summed E-state index contributed by atoms with van der Waals surface area (Å²) in [6.45, 7) is 0. The molecule has 0 saturated carbocycles. The highest BCUT2D eigenvalue weighted by Crippen LogP contribution is 2.20. The predicted molar refractivity (Wildman–Crippen MR) is 82.5 cm³/mol. The summed E-state index contributed by atoms with van der Waals surface area (Å²) in [5.41, 5.74) is 1.35. The highest BCUT2D eigenvalue weighted by atomic mass is 127. The minimum Gasteiger partial charge on any atom is -0.338 e. The number of aryl methyl sites for hydroxylation is 2. The van der Waals surface area contributed by atoms with E-state index in [1.807, 2.05) is 26.5 Å². The van der Waals surface area contributed by atoms with Gasteiger partial charge in [-0.25, -0.2) is 4.98 Å². The van der Waals surface area contributed by atoms with Crippen LogP contribution in [0.15, 0.2) is 36.7 Å². The molecule has 0 bridgehead atoms. The summed E-state index contributed by atoms with van der Waals surface area (Å²) in [5.74, 6) is 1.14. The Hall–Kier alpha value is -0.880. The molecule has 2 rings (SSSR count). The van der Waals surface area contributed by atoms with E-state index in [-0.39, 0.29) is 0 Å². The summed E-state index contributed by atoms with van der Waals surface area (Å²) < 4.78 is 3.36. The number of halogens is 1. The lowest BCUT2D eigenvalue weighted by Crippen LogP contribution is -2.17. The number of rotatable bonds is 5. The molecule has 1 atom stereocenters. The van der Waals surface area contributed by atoms with Gasteiger partial charge in [0.05, 0.1) is 0 Å². The highest BCUT2D eigenvalue weighted by molar-refractivity contribution is 14.1. The summed E-state index contributed by atoms with van der Waals surface area (Å²) in [6, 6.07) is 9.04. The second-order valence-corrected chi connectivity index (χ2v) is 5.63. The molecule has 0 aliphatic rings. The largest absolute Gasteiger partial charge is 0.338 e. The zero-order valence-corrected chi connectivity index (χ0v) is 12.9. The molecule has 0 aliphatic carbocycles. The first-order valence-electron chi connectivity index (χ1n) is 6.09. The molecular formula is C14H18IN3. The van der Waals surface area contributed by atoms with Crippen molar-refractivity contribution in [3.8, 4) is 0 Å². The Morgan fingerprint density at radius 1 is 1.44 bits per heavy atom. The van der Waals surface area contributed by atoms with Crippen LogP contribution in [0.2, 0.25) is 0 Å². The Kier molecular flexibility index (Phi) is 4.77. The van der Waals surface area contributed by atoms with E-state index in [0.717, 1.165) is 18.7 Å². The van der Waals surface area contributed by atoms with Crippen molar-refractivity contribution in [3.05, 3.63) is 51.6 Å². The van der Waals surface area contributed by atoms with Gasteiger partial charge in [-0.2, -0.15) is 0 Å². The van der Waals surface area contributed by atoms with Gasteiger partial charge in [0.15, 0.2) is 0 Å². The van der Waals surface area contributed by atoms with Crippen LogP contribution in [0.5, 0.6) is 0 Å². The van der Waals surface area contributed by atoms with Crippen LogP contribution >= 0.6 is 22.6 Å². The van der Waals surface area contributed by atoms with Gasteiger partial charge in [0.2, 0.25) is 0 Å². The average molecular weight is 355 g/mol. The van der Waals surface area contributed by atoms with Crippen LogP contribution in [0.4, 0.5) is 0 Å². The molecule has 4 heteroatoms. The standard InChI is InChI=1S/C14H18IN3/c1-16-13(11-4-3-5-12(15)10-11)6-7-14-17-8-9-18(14)2/h3-5,8-10,13,16H,6-7H2,1-2H3. The van der Waals surface area contributed by atoms with E-state index in [4.69, 9.17) is 0 Å². The molecule has 0 aliphatic heterocycles. The van der Waals surface area contributed by atoms with Crippen LogP contribution in [0.3, 0.4) is 0 Å². The summed E-state index contributed by atoms with van der Waals surface area (Å²) in [5, 5.41) is 3.39. The quantitative estimate of drug-likeness (QED) is 0.836. The van der Waals surface area contributed by atoms with Crippen molar-refractivity contribution in [2.45, 2.75) is 18.9 Å². The van der Waals surface area contributed by atoms with Crippen molar-refractivity contribution < 1.29 is 0 Å². The van der Waals surface area contributed by atoms with Crippen LogP contribution in [-0.4, -0.2) is 16.6 Å². The Morgan fingerprint density at radius 2 is 2.28 bits per heavy atom. The minimum absolute atomic E-state index is 0.386. The van der Waals surface area contributed by atoms with Gasteiger partial charge in [-0.3, -0.25) is 0 Å². The van der Waals surface area contributed by atoms with Gasteiger partial charge in [0.1, 0.15) is 5.82 Å². The molecule has 0 amide bonds. The first-order valence-corrected chi connectivity index (χ1v) is 7.17. The average Bonchev–Trinajstić information content (AvgIpc) is 2.76. The third-order valence-electron chi connectivity index (χ3n) is 3.18. The van der Waals surface area contributed by atoms with Crippen LogP contribution in [0.1, 0.15) is 23.9 Å². The number of nitrogens with one attached hydrogen (secondary N) is 1. The fourth-order valence-electron chi connectivity index (χ4n) is 2.11. The maximum atomic E-state index is 4.37. The molecule has 0 saturated heterocycles. The zero-order chi connectivity index (χ0) is 13.0. The molecular weight excluding hydrogens is 337 g/mol. The number of hydrogen-bond acceptors (Lipinski definition) is 2. The van der Waals surface area contributed by atoms with Gasteiger partial charge < -0.3 is 9.88 Å². The monoisotopic (exact) mass is 355 g/mol. The fourth-order valence-corrected chi connectivity index (χ4v) is 2.68. The molecule has 96 valence electrons. The highest BCUT2D eigenvalue weighted by Gasteiger charge is 2.10. The van der Waals surface area contributed by atoms with Crippen molar-refractivity contribution in [1.82, 2.24) is 14.9 Å². The van der Waals surface area contributed by atoms with Crippen molar-refractivity contribution in [3.63, 3.8) is 0 Å². The SMILES string of the molecule is CNC(CCc1nccn1C)c1cccc(I)c1. The maximum absolute atomic E-state index is 4.37. The first-order chi connectivity index (χ1) is 8.70. The topological polar surface area (TPSA) is 29.9 Å². The Labute approximate surface area is 122 Å². The van der Waals surface area contributed by atoms with Gasteiger partial charge in [-0.1, -0.05) is 12.1 Å². The van der Waals surface area contributed by atoms with E-state index >= 15 is 0 Å². The van der Waals surface area contributed by atoms with E-state index < -0.39 is 0 Å². The molecule has 0 fully saturated rings. The molecule has 0 spiro atoms. The summed E-state index contributed by atoms with van der Waals surface area (Å²) in [7, 11) is 4.06.